The fourth-order valence-corrected chi connectivity index (χ4v) is 2.85. The average molecular weight is 371 g/mol. The predicted octanol–water partition coefficient (Wildman–Crippen LogP) is 3.19. The summed E-state index contributed by atoms with van der Waals surface area (Å²) in [5, 5.41) is 6.66. The molecule has 0 aromatic heterocycles. The molecule has 146 valence electrons. The van der Waals surface area contributed by atoms with E-state index in [1.54, 1.807) is 28.4 Å². The molecule has 0 saturated carbocycles. The molecular formula is C21H29N3O3. The highest BCUT2D eigenvalue weighted by atomic mass is 16.5. The van der Waals surface area contributed by atoms with Gasteiger partial charge < -0.3 is 24.8 Å². The molecule has 0 bridgehead atoms. The Morgan fingerprint density at radius 3 is 1.96 bits per heavy atom. The third-order valence-corrected chi connectivity index (χ3v) is 4.40. The van der Waals surface area contributed by atoms with Gasteiger partial charge in [-0.05, 0) is 31.0 Å². The van der Waals surface area contributed by atoms with Gasteiger partial charge in [0.2, 0.25) is 0 Å². The van der Waals surface area contributed by atoms with Crippen molar-refractivity contribution in [3.05, 3.63) is 52.6 Å². The summed E-state index contributed by atoms with van der Waals surface area (Å²) in [6.45, 7) is 5.46. The van der Waals surface area contributed by atoms with Crippen LogP contribution in [0.25, 0.3) is 0 Å². The topological polar surface area (TPSA) is 64.1 Å². The smallest absolute Gasteiger partial charge is 0.191 e. The highest BCUT2D eigenvalue weighted by molar-refractivity contribution is 5.79. The van der Waals surface area contributed by atoms with Crippen LogP contribution in [0.15, 0.2) is 35.3 Å². The summed E-state index contributed by atoms with van der Waals surface area (Å²) >= 11 is 0. The highest BCUT2D eigenvalue weighted by Crippen LogP contribution is 2.34. The Bertz CT molecular complexity index is 803. The average Bonchev–Trinajstić information content (AvgIpc) is 2.68. The fourth-order valence-electron chi connectivity index (χ4n) is 2.85. The van der Waals surface area contributed by atoms with Crippen molar-refractivity contribution < 1.29 is 14.2 Å². The summed E-state index contributed by atoms with van der Waals surface area (Å²) in [5.74, 6) is 2.74. The van der Waals surface area contributed by atoms with Crippen LogP contribution >= 0.6 is 0 Å². The number of methoxy groups -OCH3 is 3. The summed E-state index contributed by atoms with van der Waals surface area (Å²) in [6.07, 6.45) is 0. The molecule has 0 radical (unpaired) electrons. The van der Waals surface area contributed by atoms with Crippen LogP contribution in [0.3, 0.4) is 0 Å². The maximum absolute atomic E-state index is 5.47. The Morgan fingerprint density at radius 1 is 0.815 bits per heavy atom. The molecule has 2 rings (SSSR count). The number of aryl methyl sites for hydroxylation is 2. The third-order valence-electron chi connectivity index (χ3n) is 4.40. The van der Waals surface area contributed by atoms with Crippen molar-refractivity contribution in [1.29, 1.82) is 0 Å². The molecule has 2 aromatic rings. The van der Waals surface area contributed by atoms with E-state index in [1.165, 1.54) is 16.7 Å². The summed E-state index contributed by atoms with van der Waals surface area (Å²) in [4.78, 5) is 4.29. The van der Waals surface area contributed by atoms with Crippen molar-refractivity contribution in [3.63, 3.8) is 0 Å². The first kappa shape index (κ1) is 20.4. The van der Waals surface area contributed by atoms with Crippen LogP contribution in [0.4, 0.5) is 0 Å². The lowest BCUT2D eigenvalue weighted by molar-refractivity contribution is 0.347. The molecule has 6 heteroatoms. The van der Waals surface area contributed by atoms with Gasteiger partial charge in [-0.25, -0.2) is 0 Å². The lowest BCUT2D eigenvalue weighted by atomic mass is 10.1. The van der Waals surface area contributed by atoms with E-state index < -0.39 is 0 Å². The van der Waals surface area contributed by atoms with Gasteiger partial charge in [-0.15, -0.1) is 0 Å². The molecule has 0 aliphatic rings. The Kier molecular flexibility index (Phi) is 7.34. The number of hydrogen-bond acceptors (Lipinski definition) is 4. The molecule has 27 heavy (non-hydrogen) atoms. The van der Waals surface area contributed by atoms with Gasteiger partial charge >= 0.3 is 0 Å². The third kappa shape index (κ3) is 5.29. The van der Waals surface area contributed by atoms with Crippen LogP contribution in [0.1, 0.15) is 22.3 Å². The number of benzene rings is 2. The van der Waals surface area contributed by atoms with Crippen molar-refractivity contribution in [1.82, 2.24) is 10.6 Å². The second kappa shape index (κ2) is 9.71. The number of ether oxygens (including phenoxy) is 3. The first-order valence-corrected chi connectivity index (χ1v) is 8.81. The Morgan fingerprint density at radius 2 is 1.41 bits per heavy atom. The minimum atomic E-state index is 0.538. The van der Waals surface area contributed by atoms with E-state index in [9.17, 15) is 0 Å². The van der Waals surface area contributed by atoms with Gasteiger partial charge in [0.25, 0.3) is 0 Å². The Labute approximate surface area is 161 Å². The summed E-state index contributed by atoms with van der Waals surface area (Å²) < 4.78 is 16.2. The van der Waals surface area contributed by atoms with E-state index >= 15 is 0 Å². The molecule has 6 nitrogen and oxygen atoms in total. The van der Waals surface area contributed by atoms with E-state index in [1.807, 2.05) is 12.1 Å². The van der Waals surface area contributed by atoms with E-state index in [0.29, 0.717) is 30.5 Å². The van der Waals surface area contributed by atoms with Crippen molar-refractivity contribution in [2.45, 2.75) is 26.9 Å². The highest BCUT2D eigenvalue weighted by Gasteiger charge is 2.12. The lowest BCUT2D eigenvalue weighted by Crippen LogP contribution is -2.36. The zero-order valence-electron chi connectivity index (χ0n) is 17.0. The number of nitrogens with one attached hydrogen (secondary N) is 2. The Hall–Kier alpha value is -2.89. The second-order valence-electron chi connectivity index (χ2n) is 6.23. The van der Waals surface area contributed by atoms with Gasteiger partial charge in [0.1, 0.15) is 5.75 Å². The first-order valence-electron chi connectivity index (χ1n) is 8.81. The van der Waals surface area contributed by atoms with Crippen molar-refractivity contribution in [3.8, 4) is 17.2 Å². The standard InChI is InChI=1S/C21H29N3O3/c1-14-7-8-16(15(2)9-14)12-23-21(22-3)24-13-17-10-19(26-5)20(27-6)11-18(17)25-4/h7-11H,12-13H2,1-6H3,(H2,22,23,24). The van der Waals surface area contributed by atoms with E-state index in [2.05, 4.69) is 47.7 Å². The van der Waals surface area contributed by atoms with Crippen LogP contribution in [-0.2, 0) is 13.1 Å². The van der Waals surface area contributed by atoms with E-state index in [4.69, 9.17) is 14.2 Å². The molecular weight excluding hydrogens is 342 g/mol. The molecule has 0 aliphatic heterocycles. The van der Waals surface area contributed by atoms with Crippen LogP contribution in [0.5, 0.6) is 17.2 Å². The van der Waals surface area contributed by atoms with Gasteiger partial charge in [0.15, 0.2) is 17.5 Å². The minimum absolute atomic E-state index is 0.538. The van der Waals surface area contributed by atoms with Gasteiger partial charge in [-0.2, -0.15) is 0 Å². The van der Waals surface area contributed by atoms with E-state index in [0.717, 1.165) is 11.3 Å². The first-order chi connectivity index (χ1) is 13.0. The zero-order valence-corrected chi connectivity index (χ0v) is 17.0. The molecule has 2 aromatic carbocycles. The Balaban J connectivity index is 2.05. The number of hydrogen-bond donors (Lipinski definition) is 2. The predicted molar refractivity (Wildman–Crippen MR) is 109 cm³/mol. The summed E-state index contributed by atoms with van der Waals surface area (Å²) in [6, 6.07) is 10.2. The molecule has 0 spiro atoms. The monoisotopic (exact) mass is 371 g/mol. The van der Waals surface area contributed by atoms with Crippen molar-refractivity contribution >= 4 is 5.96 Å². The number of rotatable bonds is 7. The molecule has 2 N–H and O–H groups in total. The second-order valence-corrected chi connectivity index (χ2v) is 6.23. The lowest BCUT2D eigenvalue weighted by Gasteiger charge is -2.17. The number of nitrogens with zero attached hydrogens (tertiary/aromatic N) is 1. The maximum Gasteiger partial charge on any atom is 0.191 e. The molecule has 0 unspecified atom stereocenters. The van der Waals surface area contributed by atoms with E-state index in [-0.39, 0.29) is 0 Å². The van der Waals surface area contributed by atoms with Gasteiger partial charge in [-0.3, -0.25) is 4.99 Å². The van der Waals surface area contributed by atoms with Crippen LogP contribution in [-0.4, -0.2) is 34.3 Å². The van der Waals surface area contributed by atoms with Gasteiger partial charge in [0.05, 0.1) is 21.3 Å². The zero-order chi connectivity index (χ0) is 19.8. The molecule has 0 heterocycles. The number of aliphatic imine (C=N–C) groups is 1. The fraction of sp³-hybridized carbons (Fsp3) is 0.381. The summed E-state index contributed by atoms with van der Waals surface area (Å²) in [7, 11) is 6.61. The largest absolute Gasteiger partial charge is 0.496 e. The number of guanidine groups is 1. The molecule has 0 amide bonds. The SMILES string of the molecule is CN=C(NCc1ccc(C)cc1C)NCc1cc(OC)c(OC)cc1OC. The normalized spacial score (nSPS) is 11.1. The van der Waals surface area contributed by atoms with Crippen molar-refractivity contribution in [2.75, 3.05) is 28.4 Å². The van der Waals surface area contributed by atoms with Crippen LogP contribution < -0.4 is 24.8 Å². The molecule has 0 atom stereocenters. The van der Waals surface area contributed by atoms with Crippen LogP contribution in [0, 0.1) is 13.8 Å². The van der Waals surface area contributed by atoms with Gasteiger partial charge in [-0.1, -0.05) is 23.8 Å². The maximum atomic E-state index is 5.47. The van der Waals surface area contributed by atoms with Crippen LogP contribution in [0.2, 0.25) is 0 Å². The van der Waals surface area contributed by atoms with Gasteiger partial charge in [0, 0.05) is 31.8 Å². The quantitative estimate of drug-likeness (QED) is 0.578. The molecule has 0 fully saturated rings. The van der Waals surface area contributed by atoms with Crippen molar-refractivity contribution in [2.24, 2.45) is 4.99 Å². The minimum Gasteiger partial charge on any atom is -0.496 e. The molecule has 0 aliphatic carbocycles. The molecule has 0 saturated heterocycles. The summed E-state index contributed by atoms with van der Waals surface area (Å²) in [5.41, 5.74) is 4.72.